The fraction of sp³-hybridized carbons (Fsp3) is 0.917. The van der Waals surface area contributed by atoms with E-state index in [2.05, 4.69) is 47.3 Å². The molecule has 0 heteroatoms. The summed E-state index contributed by atoms with van der Waals surface area (Å²) in [6.45, 7) is 17.5. The molecule has 0 amide bonds. The lowest BCUT2D eigenvalue weighted by molar-refractivity contribution is -0.179. The Labute approximate surface area is 150 Å². The number of hydrogen-bond donors (Lipinski definition) is 0. The topological polar surface area (TPSA) is 0 Å². The van der Waals surface area contributed by atoms with E-state index in [1.54, 1.807) is 0 Å². The molecule has 0 aromatic heterocycles. The van der Waals surface area contributed by atoms with Crippen molar-refractivity contribution in [1.29, 1.82) is 0 Å². The maximum Gasteiger partial charge on any atom is -0.00334 e. The third-order valence-corrected chi connectivity index (χ3v) is 10.8. The summed E-state index contributed by atoms with van der Waals surface area (Å²) in [6.07, 6.45) is 15.6. The lowest BCUT2D eigenvalue weighted by Crippen LogP contribution is -2.60. The van der Waals surface area contributed by atoms with Crippen molar-refractivity contribution in [1.82, 2.24) is 0 Å². The molecule has 4 fully saturated rings. The second kappa shape index (κ2) is 5.14. The highest BCUT2D eigenvalue weighted by molar-refractivity contribution is 5.21. The number of allylic oxidation sites excluding steroid dienone is 1. The molecule has 4 aliphatic carbocycles. The molecule has 0 N–H and O–H groups in total. The van der Waals surface area contributed by atoms with Gasteiger partial charge in [0.2, 0.25) is 0 Å². The zero-order valence-electron chi connectivity index (χ0n) is 17.0. The van der Waals surface area contributed by atoms with Crippen molar-refractivity contribution in [3.8, 4) is 0 Å². The Morgan fingerprint density at radius 3 is 2.17 bits per heavy atom. The molecule has 0 bridgehead atoms. The lowest BCUT2D eigenvalue weighted by atomic mass is 9.37. The van der Waals surface area contributed by atoms with E-state index in [0.717, 1.165) is 23.7 Å². The summed E-state index contributed by atoms with van der Waals surface area (Å²) in [5.41, 5.74) is 2.11. The lowest BCUT2D eigenvalue weighted by Gasteiger charge is -2.68. The molecule has 4 aliphatic rings. The summed E-state index contributed by atoms with van der Waals surface area (Å²) >= 11 is 0. The summed E-state index contributed by atoms with van der Waals surface area (Å²) < 4.78 is 0. The first kappa shape index (κ1) is 17.2. The molecule has 0 aliphatic heterocycles. The number of rotatable bonds is 1. The predicted molar refractivity (Wildman–Crippen MR) is 104 cm³/mol. The zero-order valence-corrected chi connectivity index (χ0v) is 17.0. The largest absolute Gasteiger partial charge is 0.102 e. The van der Waals surface area contributed by atoms with Crippen molar-refractivity contribution in [3.63, 3.8) is 0 Å². The van der Waals surface area contributed by atoms with E-state index in [4.69, 9.17) is 0 Å². The van der Waals surface area contributed by atoms with E-state index in [9.17, 15) is 0 Å². The first-order valence-electron chi connectivity index (χ1n) is 10.9. The van der Waals surface area contributed by atoms with Gasteiger partial charge in [-0.1, -0.05) is 47.1 Å². The zero-order chi connectivity index (χ0) is 17.4. The van der Waals surface area contributed by atoms with Gasteiger partial charge < -0.3 is 0 Å². The van der Waals surface area contributed by atoms with Gasteiger partial charge >= 0.3 is 0 Å². The van der Waals surface area contributed by atoms with E-state index >= 15 is 0 Å². The average molecular weight is 329 g/mol. The third-order valence-electron chi connectivity index (χ3n) is 10.8. The molecular weight excluding hydrogens is 288 g/mol. The van der Waals surface area contributed by atoms with Crippen LogP contribution >= 0.6 is 0 Å². The van der Waals surface area contributed by atoms with E-state index < -0.39 is 0 Å². The minimum absolute atomic E-state index is 0.433. The van der Waals surface area contributed by atoms with Crippen molar-refractivity contribution in [2.45, 2.75) is 92.4 Å². The van der Waals surface area contributed by atoms with Gasteiger partial charge in [0, 0.05) is 0 Å². The predicted octanol–water partition coefficient (Wildman–Crippen LogP) is 7.25. The van der Waals surface area contributed by atoms with Crippen molar-refractivity contribution in [2.75, 3.05) is 0 Å². The Balaban J connectivity index is 1.76. The van der Waals surface area contributed by atoms with Crippen molar-refractivity contribution >= 4 is 0 Å². The molecule has 0 nitrogen and oxygen atoms in total. The van der Waals surface area contributed by atoms with Crippen LogP contribution in [0.2, 0.25) is 0 Å². The Morgan fingerprint density at radius 1 is 0.792 bits per heavy atom. The Morgan fingerprint density at radius 2 is 1.46 bits per heavy atom. The van der Waals surface area contributed by atoms with Crippen LogP contribution in [-0.4, -0.2) is 0 Å². The van der Waals surface area contributed by atoms with Gasteiger partial charge in [0.25, 0.3) is 0 Å². The molecule has 0 aromatic carbocycles. The van der Waals surface area contributed by atoms with Gasteiger partial charge in [0.15, 0.2) is 0 Å². The van der Waals surface area contributed by atoms with E-state index in [1.807, 2.05) is 0 Å². The molecular formula is C24H40. The van der Waals surface area contributed by atoms with Crippen molar-refractivity contribution in [3.05, 3.63) is 12.7 Å². The summed E-state index contributed by atoms with van der Waals surface area (Å²) in [6, 6.07) is 0. The molecule has 24 heavy (non-hydrogen) atoms. The Kier molecular flexibility index (Phi) is 3.67. The number of hydrogen-bond acceptors (Lipinski definition) is 0. The smallest absolute Gasteiger partial charge is 0.00334 e. The van der Waals surface area contributed by atoms with Crippen LogP contribution in [-0.2, 0) is 0 Å². The van der Waals surface area contributed by atoms with Crippen LogP contribution in [0.5, 0.6) is 0 Å². The Bertz CT molecular complexity index is 534. The fourth-order valence-corrected chi connectivity index (χ4v) is 8.78. The quantitative estimate of drug-likeness (QED) is 0.445. The van der Waals surface area contributed by atoms with Crippen LogP contribution in [0.1, 0.15) is 92.4 Å². The monoisotopic (exact) mass is 328 g/mol. The van der Waals surface area contributed by atoms with E-state index in [0.29, 0.717) is 21.7 Å². The Hall–Kier alpha value is -0.260. The first-order valence-corrected chi connectivity index (χ1v) is 10.9. The molecule has 0 heterocycles. The van der Waals surface area contributed by atoms with Crippen molar-refractivity contribution < 1.29 is 0 Å². The standard InChI is InChI=1S/C24H40/c1-7-24-15-9-18(3)22(24,5)14-11-19-20(24)10-12-21(4)16-17(2)8-13-23(19,21)6/h7,17-20H,1,8-16H2,2-6H3/t17-,18?,19?,20?,21-,22+,23+,24-/m0/s1. The van der Waals surface area contributed by atoms with Crippen LogP contribution in [0, 0.1) is 45.3 Å². The van der Waals surface area contributed by atoms with Gasteiger partial charge in [-0.25, -0.2) is 0 Å². The van der Waals surface area contributed by atoms with Gasteiger partial charge in [0.05, 0.1) is 0 Å². The third kappa shape index (κ3) is 1.82. The highest BCUT2D eigenvalue weighted by Crippen LogP contribution is 2.75. The van der Waals surface area contributed by atoms with Gasteiger partial charge in [0.1, 0.15) is 0 Å². The second-order valence-corrected chi connectivity index (χ2v) is 11.2. The van der Waals surface area contributed by atoms with Crippen LogP contribution in [0.25, 0.3) is 0 Å². The van der Waals surface area contributed by atoms with Gasteiger partial charge in [-0.15, -0.1) is 6.58 Å². The molecule has 4 rings (SSSR count). The van der Waals surface area contributed by atoms with Gasteiger partial charge in [-0.2, -0.15) is 0 Å². The SMILES string of the molecule is C=C[C@@]12CCC(C)[C@@]1(C)CCC1C2CC[C@@]2(C)C[C@@H](C)CC[C@]12C. The first-order chi connectivity index (χ1) is 11.2. The highest BCUT2D eigenvalue weighted by atomic mass is 14.7. The van der Waals surface area contributed by atoms with E-state index in [-0.39, 0.29) is 0 Å². The molecule has 3 unspecified atom stereocenters. The molecule has 8 atom stereocenters. The molecule has 0 saturated heterocycles. The summed E-state index contributed by atoms with van der Waals surface area (Å²) in [5, 5.41) is 0. The van der Waals surface area contributed by atoms with Crippen molar-refractivity contribution in [2.24, 2.45) is 45.3 Å². The molecule has 4 saturated carbocycles. The normalized spacial score (nSPS) is 60.0. The van der Waals surface area contributed by atoms with Gasteiger partial charge in [-0.3, -0.25) is 0 Å². The molecule has 0 aromatic rings. The second-order valence-electron chi connectivity index (χ2n) is 11.2. The van der Waals surface area contributed by atoms with Crippen LogP contribution in [0.3, 0.4) is 0 Å². The summed E-state index contributed by atoms with van der Waals surface area (Å²) in [5.74, 6) is 3.67. The van der Waals surface area contributed by atoms with Crippen LogP contribution < -0.4 is 0 Å². The molecule has 136 valence electrons. The number of fused-ring (bicyclic) bond motifs is 5. The molecule has 0 spiro atoms. The maximum absolute atomic E-state index is 4.44. The maximum atomic E-state index is 4.44. The average Bonchev–Trinajstić information content (AvgIpc) is 2.81. The highest BCUT2D eigenvalue weighted by Gasteiger charge is 2.67. The summed E-state index contributed by atoms with van der Waals surface area (Å²) in [7, 11) is 0. The summed E-state index contributed by atoms with van der Waals surface area (Å²) in [4.78, 5) is 0. The molecule has 0 radical (unpaired) electrons. The van der Waals surface area contributed by atoms with Crippen LogP contribution in [0.15, 0.2) is 12.7 Å². The minimum atomic E-state index is 0.433. The minimum Gasteiger partial charge on any atom is -0.102 e. The van der Waals surface area contributed by atoms with E-state index in [1.165, 1.54) is 57.8 Å². The fourth-order valence-electron chi connectivity index (χ4n) is 8.78. The van der Waals surface area contributed by atoms with Crippen LogP contribution in [0.4, 0.5) is 0 Å². The van der Waals surface area contributed by atoms with Gasteiger partial charge in [-0.05, 0) is 96.7 Å².